The normalized spacial score (nSPS) is 15.5. The zero-order chi connectivity index (χ0) is 19.1. The molecule has 28 heavy (non-hydrogen) atoms. The molecule has 4 aromatic rings. The Morgan fingerprint density at radius 3 is 2.79 bits per heavy atom. The van der Waals surface area contributed by atoms with Crippen LogP contribution in [0.3, 0.4) is 0 Å². The lowest BCUT2D eigenvalue weighted by Gasteiger charge is -2.23. The summed E-state index contributed by atoms with van der Waals surface area (Å²) in [7, 11) is 2.05. The third kappa shape index (κ3) is 2.93. The Bertz CT molecular complexity index is 1110. The third-order valence-corrected chi connectivity index (χ3v) is 5.79. The van der Waals surface area contributed by atoms with Crippen molar-refractivity contribution < 1.29 is 4.42 Å². The smallest absolute Gasteiger partial charge is 0.213 e. The third-order valence-electron chi connectivity index (χ3n) is 5.79. The highest BCUT2D eigenvalue weighted by Gasteiger charge is 2.25. The van der Waals surface area contributed by atoms with Crippen LogP contribution in [0.2, 0.25) is 0 Å². The van der Waals surface area contributed by atoms with Crippen molar-refractivity contribution in [2.24, 2.45) is 0 Å². The molecule has 1 aromatic carbocycles. The molecule has 144 valence electrons. The molecule has 1 fully saturated rings. The van der Waals surface area contributed by atoms with Gasteiger partial charge in [-0.05, 0) is 44.0 Å². The minimum Gasteiger partial charge on any atom is -0.467 e. The van der Waals surface area contributed by atoms with Crippen molar-refractivity contribution in [3.63, 3.8) is 0 Å². The van der Waals surface area contributed by atoms with Crippen molar-refractivity contribution in [3.05, 3.63) is 53.7 Å². The monoisotopic (exact) mass is 375 g/mol. The molecule has 6 nitrogen and oxygen atoms in total. The fourth-order valence-electron chi connectivity index (χ4n) is 4.34. The molecule has 1 aliphatic carbocycles. The number of benzene rings is 1. The average Bonchev–Trinajstić information content (AvgIpc) is 3.38. The Labute approximate surface area is 164 Å². The number of aryl methyl sites for hydroxylation is 1. The lowest BCUT2D eigenvalue weighted by molar-refractivity contribution is 0.426. The van der Waals surface area contributed by atoms with Gasteiger partial charge in [-0.15, -0.1) is 10.2 Å². The van der Waals surface area contributed by atoms with E-state index in [-0.39, 0.29) is 0 Å². The lowest BCUT2D eigenvalue weighted by Crippen LogP contribution is -2.22. The van der Waals surface area contributed by atoms with Gasteiger partial charge in [0.15, 0.2) is 5.65 Å². The molecule has 0 saturated heterocycles. The minimum absolute atomic E-state index is 0.448. The number of hydrogen-bond acceptors (Lipinski definition) is 5. The molecule has 6 heteroatoms. The van der Waals surface area contributed by atoms with E-state index in [1.54, 1.807) is 6.26 Å². The van der Waals surface area contributed by atoms with E-state index in [2.05, 4.69) is 51.7 Å². The van der Waals surface area contributed by atoms with Gasteiger partial charge in [-0.1, -0.05) is 30.9 Å². The van der Waals surface area contributed by atoms with Crippen LogP contribution in [0, 0.1) is 6.92 Å². The molecule has 0 spiro atoms. The second-order valence-electron chi connectivity index (χ2n) is 7.92. The van der Waals surface area contributed by atoms with Crippen molar-refractivity contribution in [3.8, 4) is 0 Å². The maximum atomic E-state index is 5.56. The topological polar surface area (TPSA) is 59.5 Å². The summed E-state index contributed by atoms with van der Waals surface area (Å²) in [6.07, 6.45) is 7.90. The van der Waals surface area contributed by atoms with Gasteiger partial charge in [-0.25, -0.2) is 9.38 Å². The van der Waals surface area contributed by atoms with E-state index in [0.29, 0.717) is 12.5 Å². The Morgan fingerprint density at radius 1 is 1.14 bits per heavy atom. The van der Waals surface area contributed by atoms with Crippen LogP contribution in [-0.2, 0) is 6.54 Å². The molecule has 0 N–H and O–H groups in total. The number of nitrogens with zero attached hydrogens (tertiary/aromatic N) is 5. The average molecular weight is 375 g/mol. The fraction of sp³-hybridized carbons (Fsp3) is 0.409. The molecule has 0 amide bonds. The molecule has 3 heterocycles. The Balaban J connectivity index is 1.70. The molecular formula is C22H25N5O. The van der Waals surface area contributed by atoms with E-state index in [1.165, 1.54) is 37.7 Å². The first-order chi connectivity index (χ1) is 13.7. The molecule has 0 atom stereocenters. The zero-order valence-corrected chi connectivity index (χ0v) is 16.4. The lowest BCUT2D eigenvalue weighted by atomic mass is 9.89. The molecule has 1 saturated carbocycles. The molecule has 5 rings (SSSR count). The van der Waals surface area contributed by atoms with E-state index >= 15 is 0 Å². The summed E-state index contributed by atoms with van der Waals surface area (Å²) in [6, 6.07) is 10.2. The van der Waals surface area contributed by atoms with Crippen molar-refractivity contribution >= 4 is 22.5 Å². The molecule has 0 aliphatic heterocycles. The van der Waals surface area contributed by atoms with Crippen LogP contribution in [0.4, 0.5) is 5.95 Å². The molecular weight excluding hydrogens is 350 g/mol. The van der Waals surface area contributed by atoms with Crippen LogP contribution in [0.1, 0.15) is 55.2 Å². The first kappa shape index (κ1) is 17.2. The van der Waals surface area contributed by atoms with Gasteiger partial charge in [0.05, 0.1) is 18.3 Å². The van der Waals surface area contributed by atoms with Crippen LogP contribution < -0.4 is 4.90 Å². The SMILES string of the molecule is Cc1ccc2nc(N(C)Cc3ccco3)n3c(C4CCCCC4)nnc3c2c1. The van der Waals surface area contributed by atoms with Crippen molar-refractivity contribution in [2.75, 3.05) is 11.9 Å². The summed E-state index contributed by atoms with van der Waals surface area (Å²) in [5, 5.41) is 10.3. The van der Waals surface area contributed by atoms with Gasteiger partial charge in [-0.2, -0.15) is 0 Å². The van der Waals surface area contributed by atoms with Crippen molar-refractivity contribution in [1.82, 2.24) is 19.6 Å². The van der Waals surface area contributed by atoms with Crippen LogP contribution in [0.5, 0.6) is 0 Å². The number of rotatable bonds is 4. The summed E-state index contributed by atoms with van der Waals surface area (Å²) in [4.78, 5) is 7.15. The highest BCUT2D eigenvalue weighted by Crippen LogP contribution is 2.34. The predicted octanol–water partition coefficient (Wildman–Crippen LogP) is 4.86. The van der Waals surface area contributed by atoms with Gasteiger partial charge in [0, 0.05) is 18.4 Å². The highest BCUT2D eigenvalue weighted by molar-refractivity contribution is 5.93. The first-order valence-electron chi connectivity index (χ1n) is 10.1. The highest BCUT2D eigenvalue weighted by atomic mass is 16.3. The van der Waals surface area contributed by atoms with E-state index < -0.39 is 0 Å². The molecule has 0 bridgehead atoms. The summed E-state index contributed by atoms with van der Waals surface area (Å²) >= 11 is 0. The molecule has 0 radical (unpaired) electrons. The van der Waals surface area contributed by atoms with E-state index in [4.69, 9.17) is 9.40 Å². The maximum absolute atomic E-state index is 5.56. The van der Waals surface area contributed by atoms with Gasteiger partial charge in [-0.3, -0.25) is 0 Å². The fourth-order valence-corrected chi connectivity index (χ4v) is 4.34. The quantitative estimate of drug-likeness (QED) is 0.510. The van der Waals surface area contributed by atoms with Gasteiger partial charge in [0.2, 0.25) is 5.95 Å². The van der Waals surface area contributed by atoms with Gasteiger partial charge >= 0.3 is 0 Å². The van der Waals surface area contributed by atoms with Crippen LogP contribution in [-0.4, -0.2) is 26.6 Å². The molecule has 3 aromatic heterocycles. The number of hydrogen-bond donors (Lipinski definition) is 0. The van der Waals surface area contributed by atoms with Gasteiger partial charge < -0.3 is 9.32 Å². The Hall–Kier alpha value is -2.89. The Morgan fingerprint density at radius 2 is 2.00 bits per heavy atom. The van der Waals surface area contributed by atoms with Crippen LogP contribution in [0.25, 0.3) is 16.6 Å². The predicted molar refractivity (Wildman–Crippen MR) is 110 cm³/mol. The number of fused-ring (bicyclic) bond motifs is 3. The van der Waals surface area contributed by atoms with Gasteiger partial charge in [0.25, 0.3) is 0 Å². The summed E-state index contributed by atoms with van der Waals surface area (Å²) < 4.78 is 7.74. The standard InChI is InChI=1S/C22H25N5O/c1-15-10-11-19-18(13-15)21-25-24-20(16-7-4-3-5-8-16)27(21)22(23-19)26(2)14-17-9-6-12-28-17/h6,9-13,16H,3-5,7-8,14H2,1-2H3. The van der Waals surface area contributed by atoms with E-state index in [9.17, 15) is 0 Å². The van der Waals surface area contributed by atoms with E-state index in [0.717, 1.165) is 34.1 Å². The van der Waals surface area contributed by atoms with Gasteiger partial charge in [0.1, 0.15) is 11.6 Å². The first-order valence-corrected chi connectivity index (χ1v) is 10.1. The second kappa shape index (κ2) is 6.93. The number of anilines is 1. The minimum atomic E-state index is 0.448. The second-order valence-corrected chi connectivity index (χ2v) is 7.92. The maximum Gasteiger partial charge on any atom is 0.213 e. The molecule has 0 unspecified atom stereocenters. The van der Waals surface area contributed by atoms with Crippen LogP contribution >= 0.6 is 0 Å². The summed E-state index contributed by atoms with van der Waals surface area (Å²) in [5.74, 6) is 3.28. The summed E-state index contributed by atoms with van der Waals surface area (Å²) in [6.45, 7) is 2.75. The van der Waals surface area contributed by atoms with Crippen molar-refractivity contribution in [2.45, 2.75) is 51.5 Å². The number of aromatic nitrogens is 4. The Kier molecular flexibility index (Phi) is 4.26. The van der Waals surface area contributed by atoms with E-state index in [1.807, 2.05) is 12.1 Å². The number of furan rings is 1. The van der Waals surface area contributed by atoms with Crippen molar-refractivity contribution in [1.29, 1.82) is 0 Å². The zero-order valence-electron chi connectivity index (χ0n) is 16.4. The molecule has 1 aliphatic rings. The van der Waals surface area contributed by atoms with Crippen LogP contribution in [0.15, 0.2) is 41.0 Å². The summed E-state index contributed by atoms with van der Waals surface area (Å²) in [5.41, 5.74) is 3.05. The largest absolute Gasteiger partial charge is 0.467 e.